The molecule has 0 bridgehead atoms. The van der Waals surface area contributed by atoms with Crippen LogP contribution in [0.15, 0.2) is 12.1 Å². The molecular formula is C13H15Cl3F2N2O2. The molecule has 1 saturated heterocycles. The molecule has 1 atom stereocenters. The molecule has 4 nitrogen and oxygen atoms in total. The first-order chi connectivity index (χ1) is 9.97. The van der Waals surface area contributed by atoms with Crippen LogP contribution in [0.4, 0.5) is 8.78 Å². The number of benzene rings is 1. The second-order valence-corrected chi connectivity index (χ2v) is 5.46. The highest BCUT2D eigenvalue weighted by atomic mass is 35.5. The van der Waals surface area contributed by atoms with Gasteiger partial charge in [0, 0.05) is 17.1 Å². The molecule has 1 amide bonds. The number of ether oxygens (including phenoxy) is 1. The first-order valence-electron chi connectivity index (χ1n) is 6.41. The van der Waals surface area contributed by atoms with Crippen LogP contribution in [0.5, 0.6) is 5.75 Å². The topological polar surface area (TPSA) is 50.4 Å². The third-order valence-corrected chi connectivity index (χ3v) is 3.62. The fourth-order valence-electron chi connectivity index (χ4n) is 2.18. The predicted molar refractivity (Wildman–Crippen MR) is 83.2 cm³/mol. The number of alkyl halides is 2. The second kappa shape index (κ2) is 8.72. The van der Waals surface area contributed by atoms with Gasteiger partial charge in [-0.2, -0.15) is 8.78 Å². The van der Waals surface area contributed by atoms with E-state index in [1.807, 2.05) is 0 Å². The van der Waals surface area contributed by atoms with E-state index in [-0.39, 0.29) is 46.7 Å². The molecule has 2 rings (SSSR count). The van der Waals surface area contributed by atoms with E-state index in [0.717, 1.165) is 19.4 Å². The van der Waals surface area contributed by atoms with Gasteiger partial charge in [-0.15, -0.1) is 12.4 Å². The van der Waals surface area contributed by atoms with Gasteiger partial charge in [-0.05, 0) is 31.5 Å². The number of rotatable bonds is 5. The minimum Gasteiger partial charge on any atom is -0.433 e. The quantitative estimate of drug-likeness (QED) is 0.829. The number of amides is 1. The third kappa shape index (κ3) is 5.12. The van der Waals surface area contributed by atoms with Crippen LogP contribution < -0.4 is 15.4 Å². The number of carbonyl (C=O) groups is 1. The molecule has 124 valence electrons. The molecule has 0 spiro atoms. The summed E-state index contributed by atoms with van der Waals surface area (Å²) in [5.41, 5.74) is 0.305. The van der Waals surface area contributed by atoms with Crippen molar-refractivity contribution < 1.29 is 18.3 Å². The zero-order valence-electron chi connectivity index (χ0n) is 11.4. The summed E-state index contributed by atoms with van der Waals surface area (Å²) in [4.78, 5) is 11.9. The van der Waals surface area contributed by atoms with Crippen LogP contribution in [-0.4, -0.2) is 25.1 Å². The number of hydrogen-bond donors (Lipinski definition) is 2. The Kier molecular flexibility index (Phi) is 7.62. The van der Waals surface area contributed by atoms with Gasteiger partial charge >= 0.3 is 6.61 Å². The van der Waals surface area contributed by atoms with Crippen LogP contribution in [0.1, 0.15) is 18.4 Å². The lowest BCUT2D eigenvalue weighted by atomic mass is 10.1. The largest absolute Gasteiger partial charge is 0.433 e. The summed E-state index contributed by atoms with van der Waals surface area (Å²) >= 11 is 11.7. The van der Waals surface area contributed by atoms with Gasteiger partial charge < -0.3 is 15.4 Å². The Labute approximate surface area is 142 Å². The number of nitrogens with one attached hydrogen (secondary N) is 2. The lowest BCUT2D eigenvalue weighted by Gasteiger charge is -2.15. The van der Waals surface area contributed by atoms with E-state index >= 15 is 0 Å². The van der Waals surface area contributed by atoms with Crippen molar-refractivity contribution in [1.82, 2.24) is 10.6 Å². The Morgan fingerprint density at radius 1 is 1.45 bits per heavy atom. The molecule has 1 aliphatic heterocycles. The van der Waals surface area contributed by atoms with Gasteiger partial charge in [0.15, 0.2) is 0 Å². The van der Waals surface area contributed by atoms with Crippen molar-refractivity contribution >= 4 is 41.5 Å². The molecule has 1 aliphatic rings. The van der Waals surface area contributed by atoms with E-state index in [4.69, 9.17) is 23.2 Å². The molecule has 22 heavy (non-hydrogen) atoms. The van der Waals surface area contributed by atoms with Crippen LogP contribution >= 0.6 is 35.6 Å². The van der Waals surface area contributed by atoms with Gasteiger partial charge in [-0.1, -0.05) is 23.2 Å². The van der Waals surface area contributed by atoms with Crippen molar-refractivity contribution in [3.05, 3.63) is 27.7 Å². The summed E-state index contributed by atoms with van der Waals surface area (Å²) in [7, 11) is 0. The van der Waals surface area contributed by atoms with Crippen LogP contribution in [0.2, 0.25) is 10.0 Å². The standard InChI is InChI=1S/C13H14Cl2F2N2O2.ClH/c14-8-4-7(11(9(15)5-8)21-13(16)17)6-19-12(20)10-2-1-3-18-10;/h4-5,10,13,18H,1-3,6H2,(H,19,20);1H. The maximum atomic E-state index is 12.4. The van der Waals surface area contributed by atoms with Gasteiger partial charge in [-0.25, -0.2) is 0 Å². The molecule has 1 heterocycles. The van der Waals surface area contributed by atoms with Crippen LogP contribution in [-0.2, 0) is 11.3 Å². The van der Waals surface area contributed by atoms with Gasteiger partial charge in [0.2, 0.25) is 5.91 Å². The van der Waals surface area contributed by atoms with Crippen molar-refractivity contribution in [2.75, 3.05) is 6.54 Å². The molecule has 1 unspecified atom stereocenters. The maximum Gasteiger partial charge on any atom is 0.387 e. The van der Waals surface area contributed by atoms with Crippen LogP contribution in [0, 0.1) is 0 Å². The summed E-state index contributed by atoms with van der Waals surface area (Å²) in [6, 6.07) is 2.50. The van der Waals surface area contributed by atoms with Crippen molar-refractivity contribution in [3.8, 4) is 5.75 Å². The van der Waals surface area contributed by atoms with E-state index in [0.29, 0.717) is 5.56 Å². The Morgan fingerprint density at radius 3 is 2.77 bits per heavy atom. The smallest absolute Gasteiger partial charge is 0.387 e. The highest BCUT2D eigenvalue weighted by molar-refractivity contribution is 6.35. The molecule has 0 aliphatic carbocycles. The summed E-state index contributed by atoms with van der Waals surface area (Å²) < 4.78 is 29.2. The molecule has 1 fully saturated rings. The van der Waals surface area contributed by atoms with Crippen molar-refractivity contribution in [2.24, 2.45) is 0 Å². The van der Waals surface area contributed by atoms with Gasteiger partial charge in [0.1, 0.15) is 5.75 Å². The van der Waals surface area contributed by atoms with Crippen molar-refractivity contribution in [2.45, 2.75) is 32.0 Å². The monoisotopic (exact) mass is 374 g/mol. The first kappa shape index (κ1) is 19.2. The lowest BCUT2D eigenvalue weighted by Crippen LogP contribution is -2.40. The summed E-state index contributed by atoms with van der Waals surface area (Å²) in [6.45, 7) is -2.20. The highest BCUT2D eigenvalue weighted by Crippen LogP contribution is 2.33. The zero-order valence-corrected chi connectivity index (χ0v) is 13.7. The van der Waals surface area contributed by atoms with E-state index in [1.165, 1.54) is 12.1 Å². The predicted octanol–water partition coefficient (Wildman–Crippen LogP) is 3.38. The minimum atomic E-state index is -3.00. The Morgan fingerprint density at radius 2 is 2.18 bits per heavy atom. The Bertz CT molecular complexity index is 526. The Balaban J connectivity index is 0.00000242. The molecule has 0 aromatic heterocycles. The Hall–Kier alpha value is -0.820. The van der Waals surface area contributed by atoms with Crippen molar-refractivity contribution in [1.29, 1.82) is 0 Å². The fraction of sp³-hybridized carbons (Fsp3) is 0.462. The minimum absolute atomic E-state index is 0. The SMILES string of the molecule is Cl.O=C(NCc1cc(Cl)cc(Cl)c1OC(F)F)C1CCCN1. The summed E-state index contributed by atoms with van der Waals surface area (Å²) in [5, 5.41) is 5.97. The summed E-state index contributed by atoms with van der Waals surface area (Å²) in [6.07, 6.45) is 1.68. The normalized spacial score (nSPS) is 17.2. The van der Waals surface area contributed by atoms with E-state index < -0.39 is 6.61 Å². The molecule has 2 N–H and O–H groups in total. The van der Waals surface area contributed by atoms with Gasteiger partial charge in [0.05, 0.1) is 11.1 Å². The number of carbonyl (C=O) groups excluding carboxylic acids is 1. The summed E-state index contributed by atoms with van der Waals surface area (Å²) in [5.74, 6) is -0.359. The molecule has 1 aromatic carbocycles. The number of hydrogen-bond acceptors (Lipinski definition) is 3. The first-order valence-corrected chi connectivity index (χ1v) is 7.17. The molecule has 0 radical (unpaired) electrons. The maximum absolute atomic E-state index is 12.4. The average molecular weight is 376 g/mol. The van der Waals surface area contributed by atoms with Crippen LogP contribution in [0.25, 0.3) is 0 Å². The fourth-order valence-corrected chi connectivity index (χ4v) is 2.76. The third-order valence-electron chi connectivity index (χ3n) is 3.12. The molecular weight excluding hydrogens is 361 g/mol. The second-order valence-electron chi connectivity index (χ2n) is 4.62. The van der Waals surface area contributed by atoms with Crippen molar-refractivity contribution in [3.63, 3.8) is 0 Å². The van der Waals surface area contributed by atoms with Crippen LogP contribution in [0.3, 0.4) is 0 Å². The number of halogens is 5. The van der Waals surface area contributed by atoms with E-state index in [1.54, 1.807) is 0 Å². The van der Waals surface area contributed by atoms with Gasteiger partial charge in [0.25, 0.3) is 0 Å². The molecule has 0 saturated carbocycles. The highest BCUT2D eigenvalue weighted by Gasteiger charge is 2.22. The molecule has 9 heteroatoms. The van der Waals surface area contributed by atoms with E-state index in [2.05, 4.69) is 15.4 Å². The molecule has 1 aromatic rings. The zero-order chi connectivity index (χ0) is 15.4. The lowest BCUT2D eigenvalue weighted by molar-refractivity contribution is -0.122. The average Bonchev–Trinajstić information content (AvgIpc) is 2.93. The van der Waals surface area contributed by atoms with E-state index in [9.17, 15) is 13.6 Å². The van der Waals surface area contributed by atoms with Gasteiger partial charge in [-0.3, -0.25) is 4.79 Å².